The summed E-state index contributed by atoms with van der Waals surface area (Å²) in [4.78, 5) is 6.55. The minimum absolute atomic E-state index is 0.146. The third-order valence-electron chi connectivity index (χ3n) is 5.21. The largest absolute Gasteiger partial charge is 0.377 e. The Morgan fingerprint density at radius 2 is 1.96 bits per heavy atom. The Kier molecular flexibility index (Phi) is 8.70. The fourth-order valence-corrected chi connectivity index (χ4v) is 3.80. The van der Waals surface area contributed by atoms with E-state index >= 15 is 0 Å². The van der Waals surface area contributed by atoms with Crippen molar-refractivity contribution >= 4 is 5.96 Å². The molecule has 158 valence electrons. The molecule has 0 spiro atoms. The fraction of sp³-hybridized carbons (Fsp3) is 0.682. The van der Waals surface area contributed by atoms with Gasteiger partial charge in [0.2, 0.25) is 0 Å². The summed E-state index contributed by atoms with van der Waals surface area (Å²) in [5.41, 5.74) is 1.25. The number of guanidine groups is 1. The molecular formula is C22H37FN4O. The molecule has 0 amide bonds. The zero-order chi connectivity index (χ0) is 20.6. The number of aliphatic imine (C=N–C) groups is 1. The number of rotatable bonds is 7. The first-order chi connectivity index (χ1) is 13.3. The Morgan fingerprint density at radius 3 is 2.61 bits per heavy atom. The highest BCUT2D eigenvalue weighted by atomic mass is 19.1. The lowest BCUT2D eigenvalue weighted by molar-refractivity contribution is -0.0835. The molecule has 1 heterocycles. The van der Waals surface area contributed by atoms with E-state index in [9.17, 15) is 4.39 Å². The van der Waals surface area contributed by atoms with Crippen molar-refractivity contribution in [1.29, 1.82) is 0 Å². The molecule has 2 atom stereocenters. The van der Waals surface area contributed by atoms with Crippen molar-refractivity contribution in [3.63, 3.8) is 0 Å². The number of halogens is 1. The van der Waals surface area contributed by atoms with Crippen LogP contribution in [0.4, 0.5) is 4.39 Å². The predicted molar refractivity (Wildman–Crippen MR) is 114 cm³/mol. The van der Waals surface area contributed by atoms with Crippen molar-refractivity contribution in [2.45, 2.75) is 46.3 Å². The molecule has 0 saturated carbocycles. The lowest BCUT2D eigenvalue weighted by atomic mass is 9.78. The minimum atomic E-state index is -0.194. The van der Waals surface area contributed by atoms with E-state index in [4.69, 9.17) is 4.74 Å². The smallest absolute Gasteiger partial charge is 0.191 e. The van der Waals surface area contributed by atoms with Crippen LogP contribution in [0.1, 0.15) is 39.2 Å². The fourth-order valence-electron chi connectivity index (χ4n) is 3.80. The van der Waals surface area contributed by atoms with Gasteiger partial charge in [0.15, 0.2) is 5.96 Å². The van der Waals surface area contributed by atoms with Crippen molar-refractivity contribution < 1.29 is 9.13 Å². The van der Waals surface area contributed by atoms with Crippen LogP contribution in [-0.4, -0.2) is 57.3 Å². The topological polar surface area (TPSA) is 48.9 Å². The highest BCUT2D eigenvalue weighted by Crippen LogP contribution is 2.33. The molecule has 1 fully saturated rings. The van der Waals surface area contributed by atoms with Gasteiger partial charge in [-0.2, -0.15) is 0 Å². The van der Waals surface area contributed by atoms with Gasteiger partial charge in [0.05, 0.1) is 6.10 Å². The van der Waals surface area contributed by atoms with E-state index in [2.05, 4.69) is 48.3 Å². The first-order valence-corrected chi connectivity index (χ1v) is 10.3. The van der Waals surface area contributed by atoms with Gasteiger partial charge in [-0.05, 0) is 43.0 Å². The summed E-state index contributed by atoms with van der Waals surface area (Å²) in [5.74, 6) is 1.13. The van der Waals surface area contributed by atoms with Gasteiger partial charge in [-0.1, -0.05) is 32.9 Å². The van der Waals surface area contributed by atoms with Gasteiger partial charge in [-0.15, -0.1) is 0 Å². The summed E-state index contributed by atoms with van der Waals surface area (Å²) >= 11 is 0. The van der Waals surface area contributed by atoms with Crippen molar-refractivity contribution in [2.24, 2.45) is 16.3 Å². The molecule has 2 unspecified atom stereocenters. The Hall–Kier alpha value is -1.66. The Bertz CT molecular complexity index is 612. The Morgan fingerprint density at radius 1 is 1.25 bits per heavy atom. The molecule has 0 aromatic heterocycles. The molecule has 0 radical (unpaired) electrons. The summed E-state index contributed by atoms with van der Waals surface area (Å²) in [5, 5.41) is 6.85. The molecule has 1 aliphatic heterocycles. The third-order valence-corrected chi connectivity index (χ3v) is 5.21. The first-order valence-electron chi connectivity index (χ1n) is 10.3. The molecule has 1 aromatic carbocycles. The zero-order valence-corrected chi connectivity index (χ0v) is 18.1. The van der Waals surface area contributed by atoms with Crippen molar-refractivity contribution in [3.8, 4) is 0 Å². The third kappa shape index (κ3) is 7.40. The summed E-state index contributed by atoms with van der Waals surface area (Å²) in [7, 11) is 3.87. The molecule has 0 aliphatic carbocycles. The molecule has 2 N–H and O–H groups in total. The second-order valence-electron chi connectivity index (χ2n) is 8.80. The quantitative estimate of drug-likeness (QED) is 0.552. The van der Waals surface area contributed by atoms with Gasteiger partial charge in [0, 0.05) is 45.8 Å². The summed E-state index contributed by atoms with van der Waals surface area (Å²) in [6.45, 7) is 10.9. The van der Waals surface area contributed by atoms with E-state index in [1.165, 1.54) is 18.6 Å². The highest BCUT2D eigenvalue weighted by Gasteiger charge is 2.35. The van der Waals surface area contributed by atoms with Gasteiger partial charge in [0.25, 0.3) is 0 Å². The van der Waals surface area contributed by atoms with Crippen LogP contribution in [0.15, 0.2) is 29.3 Å². The van der Waals surface area contributed by atoms with Crippen LogP contribution in [0, 0.1) is 17.2 Å². The Balaban J connectivity index is 1.72. The standard InChI is InChI=1S/C22H37FN4O/c1-22(2,3)20-18(7-6-14-28-20)15-26-21(24-4)25-12-13-27(5)16-17-8-10-19(23)11-9-17/h8-11,18,20H,6-7,12-16H2,1-5H3,(H2,24,25,26). The number of hydrogen-bond acceptors (Lipinski definition) is 3. The molecule has 28 heavy (non-hydrogen) atoms. The van der Waals surface area contributed by atoms with E-state index in [0.717, 1.165) is 50.7 Å². The summed E-state index contributed by atoms with van der Waals surface area (Å²) in [6, 6.07) is 6.68. The maximum atomic E-state index is 13.0. The van der Waals surface area contributed by atoms with Crippen LogP contribution in [0.2, 0.25) is 0 Å². The normalized spacial score (nSPS) is 21.0. The van der Waals surface area contributed by atoms with E-state index in [1.54, 1.807) is 7.05 Å². The average Bonchev–Trinajstić information content (AvgIpc) is 2.66. The Labute approximate surface area is 169 Å². The van der Waals surface area contributed by atoms with Gasteiger partial charge in [0.1, 0.15) is 5.82 Å². The molecule has 6 heteroatoms. The van der Waals surface area contributed by atoms with Gasteiger partial charge >= 0.3 is 0 Å². The van der Waals surface area contributed by atoms with Crippen LogP contribution >= 0.6 is 0 Å². The maximum absolute atomic E-state index is 13.0. The van der Waals surface area contributed by atoms with Crippen molar-refractivity contribution in [1.82, 2.24) is 15.5 Å². The lowest BCUT2D eigenvalue weighted by Crippen LogP contribution is -2.48. The molecule has 1 aromatic rings. The lowest BCUT2D eigenvalue weighted by Gasteiger charge is -2.40. The maximum Gasteiger partial charge on any atom is 0.191 e. The van der Waals surface area contributed by atoms with Crippen molar-refractivity contribution in [3.05, 3.63) is 35.6 Å². The van der Waals surface area contributed by atoms with Crippen LogP contribution in [0.25, 0.3) is 0 Å². The summed E-state index contributed by atoms with van der Waals surface area (Å²) < 4.78 is 19.1. The monoisotopic (exact) mass is 392 g/mol. The second kappa shape index (κ2) is 10.8. The van der Waals surface area contributed by atoms with Gasteiger partial charge in [-0.25, -0.2) is 4.39 Å². The minimum Gasteiger partial charge on any atom is -0.377 e. The molecule has 1 aliphatic rings. The SMILES string of the molecule is CN=C(NCCN(C)Cc1ccc(F)cc1)NCC1CCCOC1C(C)(C)C. The number of benzene rings is 1. The predicted octanol–water partition coefficient (Wildman–Crippen LogP) is 3.26. The number of nitrogens with one attached hydrogen (secondary N) is 2. The molecule has 5 nitrogen and oxygen atoms in total. The van der Waals surface area contributed by atoms with Crippen LogP contribution in [0.5, 0.6) is 0 Å². The molecule has 1 saturated heterocycles. The van der Waals surface area contributed by atoms with Gasteiger partial charge in [-0.3, -0.25) is 4.99 Å². The van der Waals surface area contributed by atoms with Crippen LogP contribution < -0.4 is 10.6 Å². The van der Waals surface area contributed by atoms with E-state index in [0.29, 0.717) is 5.92 Å². The first kappa shape index (κ1) is 22.6. The van der Waals surface area contributed by atoms with Crippen molar-refractivity contribution in [2.75, 3.05) is 40.3 Å². The number of likely N-dealkylation sites (N-methyl/N-ethyl adjacent to an activating group) is 1. The number of hydrogen-bond donors (Lipinski definition) is 2. The van der Waals surface area contributed by atoms with Crippen LogP contribution in [0.3, 0.4) is 0 Å². The second-order valence-corrected chi connectivity index (χ2v) is 8.80. The van der Waals surface area contributed by atoms with Crippen LogP contribution in [-0.2, 0) is 11.3 Å². The number of nitrogens with zero attached hydrogens (tertiary/aromatic N) is 2. The number of ether oxygens (including phenoxy) is 1. The van der Waals surface area contributed by atoms with E-state index < -0.39 is 0 Å². The molecule has 2 rings (SSSR count). The average molecular weight is 393 g/mol. The van der Waals surface area contributed by atoms with E-state index in [-0.39, 0.29) is 17.3 Å². The highest BCUT2D eigenvalue weighted by molar-refractivity contribution is 5.79. The molecule has 0 bridgehead atoms. The summed E-state index contributed by atoms with van der Waals surface area (Å²) in [6.07, 6.45) is 2.58. The van der Waals surface area contributed by atoms with E-state index in [1.807, 2.05) is 12.1 Å². The van der Waals surface area contributed by atoms with Gasteiger partial charge < -0.3 is 20.3 Å². The molecular weight excluding hydrogens is 355 g/mol. The zero-order valence-electron chi connectivity index (χ0n) is 18.1.